The summed E-state index contributed by atoms with van der Waals surface area (Å²) in [5.41, 5.74) is 16.0. The van der Waals surface area contributed by atoms with Gasteiger partial charge >= 0.3 is 0 Å². The van der Waals surface area contributed by atoms with Gasteiger partial charge in [-0.15, -0.1) is 5.59 Å². The quantitative estimate of drug-likeness (QED) is 0.232. The summed E-state index contributed by atoms with van der Waals surface area (Å²) in [6, 6.07) is -0.188. The molecule has 0 amide bonds. The maximum atomic E-state index is 9.84. The molecular weight excluding hydrogens is 208 g/mol. The average molecular weight is 234 g/mol. The van der Waals surface area contributed by atoms with E-state index in [1.165, 1.54) is 0 Å². The normalized spacial score (nSPS) is 19.1. The Morgan fingerprint density at radius 1 is 1.25 bits per heavy atom. The van der Waals surface area contributed by atoms with E-state index in [4.69, 9.17) is 16.7 Å². The zero-order valence-electron chi connectivity index (χ0n) is 10.2. The monoisotopic (exact) mass is 234 g/mol. The van der Waals surface area contributed by atoms with E-state index in [9.17, 15) is 5.11 Å². The molecule has 16 heavy (non-hydrogen) atoms. The first-order chi connectivity index (χ1) is 7.52. The molecule has 0 aliphatic heterocycles. The van der Waals surface area contributed by atoms with Crippen molar-refractivity contribution in [3.63, 3.8) is 0 Å². The van der Waals surface area contributed by atoms with E-state index in [1.807, 2.05) is 19.4 Å². The zero-order chi connectivity index (χ0) is 12.6. The van der Waals surface area contributed by atoms with Crippen LogP contribution in [0.1, 0.15) is 33.1 Å². The van der Waals surface area contributed by atoms with Crippen molar-refractivity contribution < 1.29 is 10.3 Å². The van der Waals surface area contributed by atoms with E-state index in [0.29, 0.717) is 19.4 Å². The number of hydrogen-bond acceptors (Lipinski definition) is 6. The Balaban J connectivity index is 3.80. The first-order valence-corrected chi connectivity index (χ1v) is 5.84. The van der Waals surface area contributed by atoms with Crippen LogP contribution < -0.4 is 22.5 Å². The second-order valence-corrected chi connectivity index (χ2v) is 4.34. The zero-order valence-corrected chi connectivity index (χ0v) is 10.2. The van der Waals surface area contributed by atoms with Gasteiger partial charge in [-0.25, -0.2) is 5.43 Å². The molecule has 6 nitrogen and oxygen atoms in total. The molecule has 0 bridgehead atoms. The van der Waals surface area contributed by atoms with Crippen molar-refractivity contribution >= 4 is 0 Å². The highest BCUT2D eigenvalue weighted by molar-refractivity contribution is 4.78. The Hall–Kier alpha value is -0.240. The van der Waals surface area contributed by atoms with Crippen LogP contribution in [0.25, 0.3) is 0 Å². The lowest BCUT2D eigenvalue weighted by atomic mass is 9.91. The molecule has 0 aliphatic rings. The molecule has 0 heterocycles. The van der Waals surface area contributed by atoms with Gasteiger partial charge in [-0.3, -0.25) is 0 Å². The van der Waals surface area contributed by atoms with Crippen molar-refractivity contribution in [1.82, 2.24) is 11.0 Å². The second kappa shape index (κ2) is 8.86. The van der Waals surface area contributed by atoms with Gasteiger partial charge in [0, 0.05) is 18.6 Å². The predicted octanol–water partition coefficient (Wildman–Crippen LogP) is -0.688. The molecule has 0 rings (SSSR count). The Bertz CT molecular complexity index is 171. The van der Waals surface area contributed by atoms with Crippen LogP contribution in [0.4, 0.5) is 0 Å². The number of nitrogens with one attached hydrogen (secondary N) is 2. The van der Waals surface area contributed by atoms with Gasteiger partial charge in [0.25, 0.3) is 0 Å². The van der Waals surface area contributed by atoms with Crippen molar-refractivity contribution in [2.45, 2.75) is 51.3 Å². The molecule has 0 saturated heterocycles. The van der Waals surface area contributed by atoms with E-state index in [1.54, 1.807) is 0 Å². The minimum absolute atomic E-state index is 0.110. The number of hydrogen-bond donors (Lipinski definition) is 6. The maximum Gasteiger partial charge on any atom is 0.0694 e. The smallest absolute Gasteiger partial charge is 0.0694 e. The molecule has 0 aliphatic carbocycles. The van der Waals surface area contributed by atoms with Crippen LogP contribution in [-0.2, 0) is 0 Å². The summed E-state index contributed by atoms with van der Waals surface area (Å²) < 4.78 is 0. The van der Waals surface area contributed by atoms with Crippen LogP contribution in [0, 0.1) is 5.92 Å². The van der Waals surface area contributed by atoms with Crippen LogP contribution in [0.3, 0.4) is 0 Å². The third-order valence-electron chi connectivity index (χ3n) is 2.99. The lowest BCUT2D eigenvalue weighted by molar-refractivity contribution is 0.0960. The topological polar surface area (TPSA) is 117 Å². The average Bonchev–Trinajstić information content (AvgIpc) is 2.27. The van der Waals surface area contributed by atoms with Gasteiger partial charge < -0.3 is 21.8 Å². The van der Waals surface area contributed by atoms with Gasteiger partial charge in [-0.2, -0.15) is 0 Å². The molecule has 0 fully saturated rings. The van der Waals surface area contributed by atoms with Gasteiger partial charge in [0.1, 0.15) is 0 Å². The molecule has 0 aromatic rings. The summed E-state index contributed by atoms with van der Waals surface area (Å²) in [5, 5.41) is 18.1. The van der Waals surface area contributed by atoms with Crippen LogP contribution in [0.15, 0.2) is 0 Å². The molecule has 0 aromatic carbocycles. The summed E-state index contributed by atoms with van der Waals surface area (Å²) in [4.78, 5) is 0. The number of aliphatic hydroxyl groups excluding tert-OH is 1. The molecule has 8 N–H and O–H groups in total. The van der Waals surface area contributed by atoms with Crippen molar-refractivity contribution in [2.24, 2.45) is 17.4 Å². The largest absolute Gasteiger partial charge is 0.392 e. The van der Waals surface area contributed by atoms with E-state index in [2.05, 4.69) is 5.43 Å². The molecular formula is C10H26N4O2. The fourth-order valence-electron chi connectivity index (χ4n) is 1.62. The Kier molecular flexibility index (Phi) is 8.73. The van der Waals surface area contributed by atoms with E-state index in [-0.39, 0.29) is 18.0 Å². The third kappa shape index (κ3) is 6.37. The Morgan fingerprint density at radius 2 is 1.88 bits per heavy atom. The van der Waals surface area contributed by atoms with Gasteiger partial charge in [0.2, 0.25) is 0 Å². The third-order valence-corrected chi connectivity index (χ3v) is 2.99. The summed E-state index contributed by atoms with van der Waals surface area (Å²) >= 11 is 0. The SMILES string of the molecule is CCC(N)C(C)CC(O)C(N)CCNNO. The molecule has 0 spiro atoms. The minimum Gasteiger partial charge on any atom is -0.392 e. The minimum atomic E-state index is -0.548. The standard InChI is InChI=1S/C10H26N4O2/c1-3-8(11)7(2)6-10(15)9(12)4-5-13-14-16/h7-10,13-16H,3-6,11-12H2,1-2H3. The Morgan fingerprint density at radius 3 is 2.38 bits per heavy atom. The van der Waals surface area contributed by atoms with E-state index < -0.39 is 6.10 Å². The highest BCUT2D eigenvalue weighted by atomic mass is 16.5. The Labute approximate surface area is 97.3 Å². The van der Waals surface area contributed by atoms with Crippen molar-refractivity contribution in [3.05, 3.63) is 0 Å². The number of rotatable bonds is 9. The summed E-state index contributed by atoms with van der Waals surface area (Å²) in [5.74, 6) is 0.259. The first kappa shape index (κ1) is 15.8. The molecule has 4 unspecified atom stereocenters. The van der Waals surface area contributed by atoms with Gasteiger partial charge in [-0.1, -0.05) is 13.8 Å². The summed E-state index contributed by atoms with van der Waals surface area (Å²) in [6.45, 7) is 4.56. The number of nitrogens with two attached hydrogens (primary N) is 2. The van der Waals surface area contributed by atoms with Crippen molar-refractivity contribution in [2.75, 3.05) is 6.54 Å². The molecule has 0 radical (unpaired) electrons. The maximum absolute atomic E-state index is 9.84. The van der Waals surface area contributed by atoms with Gasteiger partial charge in [-0.05, 0) is 25.2 Å². The van der Waals surface area contributed by atoms with Gasteiger partial charge in [0.05, 0.1) is 6.10 Å². The second-order valence-electron chi connectivity index (χ2n) is 4.34. The fraction of sp³-hybridized carbons (Fsp3) is 1.00. The summed E-state index contributed by atoms with van der Waals surface area (Å²) in [6.07, 6.45) is 1.55. The summed E-state index contributed by atoms with van der Waals surface area (Å²) in [7, 11) is 0. The first-order valence-electron chi connectivity index (χ1n) is 5.84. The number of hydrazine groups is 1. The van der Waals surface area contributed by atoms with Crippen LogP contribution >= 0.6 is 0 Å². The van der Waals surface area contributed by atoms with E-state index in [0.717, 1.165) is 6.42 Å². The van der Waals surface area contributed by atoms with Crippen molar-refractivity contribution in [1.29, 1.82) is 0 Å². The number of aliphatic hydroxyl groups is 1. The van der Waals surface area contributed by atoms with Gasteiger partial charge in [0.15, 0.2) is 0 Å². The fourth-order valence-corrected chi connectivity index (χ4v) is 1.62. The molecule has 4 atom stereocenters. The highest BCUT2D eigenvalue weighted by Crippen LogP contribution is 2.14. The van der Waals surface area contributed by atoms with Crippen LogP contribution in [0.2, 0.25) is 0 Å². The molecule has 98 valence electrons. The predicted molar refractivity (Wildman–Crippen MR) is 63.6 cm³/mol. The van der Waals surface area contributed by atoms with Crippen LogP contribution in [-0.4, -0.2) is 35.0 Å². The lowest BCUT2D eigenvalue weighted by Gasteiger charge is -2.25. The van der Waals surface area contributed by atoms with Crippen LogP contribution in [0.5, 0.6) is 0 Å². The molecule has 6 heteroatoms. The lowest BCUT2D eigenvalue weighted by Crippen LogP contribution is -2.42. The highest BCUT2D eigenvalue weighted by Gasteiger charge is 2.20. The molecule has 0 saturated carbocycles. The van der Waals surface area contributed by atoms with Crippen molar-refractivity contribution in [3.8, 4) is 0 Å². The molecule has 0 aromatic heterocycles. The van der Waals surface area contributed by atoms with E-state index >= 15 is 0 Å².